The number of likely N-dealkylation sites (tertiary alicyclic amines) is 1. The van der Waals surface area contributed by atoms with Crippen LogP contribution in [0.1, 0.15) is 33.1 Å². The number of nitrogens with one attached hydrogen (secondary N) is 1. The second-order valence-electron chi connectivity index (χ2n) is 5.56. The van der Waals surface area contributed by atoms with Crippen molar-refractivity contribution in [1.82, 2.24) is 10.2 Å². The predicted octanol–water partition coefficient (Wildman–Crippen LogP) is -0.334. The number of carbonyl (C=O) groups is 3. The van der Waals surface area contributed by atoms with Crippen LogP contribution < -0.4 is 11.1 Å². The van der Waals surface area contributed by atoms with Crippen molar-refractivity contribution in [2.75, 3.05) is 13.6 Å². The molecular formula is C13H23N3O3. The molecule has 1 aliphatic rings. The molecule has 6 heteroatoms. The Morgan fingerprint density at radius 2 is 2.00 bits per heavy atom. The van der Waals surface area contributed by atoms with Gasteiger partial charge in [-0.05, 0) is 38.8 Å². The summed E-state index contributed by atoms with van der Waals surface area (Å²) in [6.45, 7) is 4.72. The summed E-state index contributed by atoms with van der Waals surface area (Å²) in [5.74, 6) is -1.72. The van der Waals surface area contributed by atoms with E-state index >= 15 is 0 Å². The van der Waals surface area contributed by atoms with E-state index in [1.165, 1.54) is 0 Å². The second kappa shape index (κ2) is 6.65. The van der Waals surface area contributed by atoms with Gasteiger partial charge in [0.25, 0.3) is 5.91 Å². The van der Waals surface area contributed by atoms with Crippen molar-refractivity contribution < 1.29 is 14.4 Å². The highest BCUT2D eigenvalue weighted by atomic mass is 16.2. The number of rotatable bonds is 6. The number of likely N-dealkylation sites (N-methyl/N-ethyl adjacent to an activating group) is 1. The zero-order chi connectivity index (χ0) is 14.6. The van der Waals surface area contributed by atoms with Gasteiger partial charge in [0, 0.05) is 0 Å². The Hall–Kier alpha value is -1.43. The van der Waals surface area contributed by atoms with E-state index < -0.39 is 17.7 Å². The molecular weight excluding hydrogens is 246 g/mol. The summed E-state index contributed by atoms with van der Waals surface area (Å²) < 4.78 is 0. The SMILES string of the molecule is CC(C)CC(NC(=O)C1CCCN1C)C(=O)C(N)=O. The summed E-state index contributed by atoms with van der Waals surface area (Å²) in [7, 11) is 1.88. The fraction of sp³-hybridized carbons (Fsp3) is 0.769. The molecule has 0 aromatic rings. The van der Waals surface area contributed by atoms with Gasteiger partial charge in [0.2, 0.25) is 11.7 Å². The Balaban J connectivity index is 2.68. The first-order valence-corrected chi connectivity index (χ1v) is 6.67. The lowest BCUT2D eigenvalue weighted by molar-refractivity contribution is -0.139. The number of hydrogen-bond acceptors (Lipinski definition) is 4. The van der Waals surface area contributed by atoms with Gasteiger partial charge in [0.15, 0.2) is 0 Å². The summed E-state index contributed by atoms with van der Waals surface area (Å²) in [4.78, 5) is 36.8. The molecule has 0 aromatic heterocycles. The number of primary amides is 1. The van der Waals surface area contributed by atoms with Gasteiger partial charge in [-0.25, -0.2) is 0 Å². The van der Waals surface area contributed by atoms with Gasteiger partial charge in [-0.2, -0.15) is 0 Å². The average molecular weight is 269 g/mol. The van der Waals surface area contributed by atoms with Crippen LogP contribution in [0.4, 0.5) is 0 Å². The van der Waals surface area contributed by atoms with Crippen LogP contribution in [0.3, 0.4) is 0 Å². The summed E-state index contributed by atoms with van der Waals surface area (Å²) in [6, 6.07) is -1.02. The quantitative estimate of drug-likeness (QED) is 0.646. The van der Waals surface area contributed by atoms with Crippen LogP contribution in [0.15, 0.2) is 0 Å². The summed E-state index contributed by atoms with van der Waals surface area (Å²) >= 11 is 0. The molecule has 0 aromatic carbocycles. The van der Waals surface area contributed by atoms with E-state index in [1.54, 1.807) is 0 Å². The molecule has 1 rings (SSSR count). The summed E-state index contributed by atoms with van der Waals surface area (Å²) in [5, 5.41) is 2.67. The normalized spacial score (nSPS) is 21.4. The maximum absolute atomic E-state index is 12.1. The van der Waals surface area contributed by atoms with E-state index in [-0.39, 0.29) is 17.9 Å². The molecule has 0 spiro atoms. The van der Waals surface area contributed by atoms with E-state index in [0.29, 0.717) is 6.42 Å². The highest BCUT2D eigenvalue weighted by Gasteiger charge is 2.32. The number of carbonyl (C=O) groups excluding carboxylic acids is 3. The average Bonchev–Trinajstić information content (AvgIpc) is 2.72. The Labute approximate surface area is 113 Å². The molecule has 2 amide bonds. The maximum Gasteiger partial charge on any atom is 0.287 e. The third kappa shape index (κ3) is 4.31. The smallest absolute Gasteiger partial charge is 0.287 e. The first kappa shape index (κ1) is 15.6. The fourth-order valence-electron chi connectivity index (χ4n) is 2.38. The van der Waals surface area contributed by atoms with Crippen LogP contribution in [-0.4, -0.2) is 48.2 Å². The van der Waals surface area contributed by atoms with E-state index in [2.05, 4.69) is 5.32 Å². The molecule has 2 atom stereocenters. The highest BCUT2D eigenvalue weighted by Crippen LogP contribution is 2.15. The van der Waals surface area contributed by atoms with E-state index in [9.17, 15) is 14.4 Å². The zero-order valence-corrected chi connectivity index (χ0v) is 11.8. The lowest BCUT2D eigenvalue weighted by Gasteiger charge is -2.23. The van der Waals surface area contributed by atoms with Gasteiger partial charge in [-0.15, -0.1) is 0 Å². The lowest BCUT2D eigenvalue weighted by atomic mass is 9.99. The monoisotopic (exact) mass is 269 g/mol. The molecule has 2 unspecified atom stereocenters. The van der Waals surface area contributed by atoms with Gasteiger partial charge in [0.1, 0.15) is 0 Å². The van der Waals surface area contributed by atoms with E-state index in [4.69, 9.17) is 5.73 Å². The number of nitrogens with two attached hydrogens (primary N) is 1. The van der Waals surface area contributed by atoms with Crippen molar-refractivity contribution in [2.24, 2.45) is 11.7 Å². The van der Waals surface area contributed by atoms with Gasteiger partial charge < -0.3 is 11.1 Å². The van der Waals surface area contributed by atoms with Crippen molar-refractivity contribution in [2.45, 2.75) is 45.2 Å². The van der Waals surface area contributed by atoms with Crippen LogP contribution in [0.25, 0.3) is 0 Å². The molecule has 108 valence electrons. The van der Waals surface area contributed by atoms with Crippen LogP contribution in [0.2, 0.25) is 0 Å². The molecule has 1 heterocycles. The zero-order valence-electron chi connectivity index (χ0n) is 11.8. The molecule has 0 bridgehead atoms. The summed E-state index contributed by atoms with van der Waals surface area (Å²) in [5.41, 5.74) is 5.02. The number of ketones is 1. The first-order valence-electron chi connectivity index (χ1n) is 6.67. The van der Waals surface area contributed by atoms with Crippen LogP contribution in [0, 0.1) is 5.92 Å². The van der Waals surface area contributed by atoms with Crippen LogP contribution >= 0.6 is 0 Å². The largest absolute Gasteiger partial charge is 0.363 e. The molecule has 1 fully saturated rings. The van der Waals surface area contributed by atoms with Crippen molar-refractivity contribution >= 4 is 17.6 Å². The minimum Gasteiger partial charge on any atom is -0.363 e. The minimum absolute atomic E-state index is 0.190. The number of amides is 2. The standard InChI is InChI=1S/C13H23N3O3/c1-8(2)7-9(11(17)12(14)18)15-13(19)10-5-4-6-16(10)3/h8-10H,4-7H2,1-3H3,(H2,14,18)(H,15,19). The molecule has 6 nitrogen and oxygen atoms in total. The van der Waals surface area contributed by atoms with Crippen LogP contribution in [-0.2, 0) is 14.4 Å². The number of hydrogen-bond donors (Lipinski definition) is 2. The van der Waals surface area contributed by atoms with Crippen molar-refractivity contribution in [3.05, 3.63) is 0 Å². The lowest BCUT2D eigenvalue weighted by Crippen LogP contribution is -2.51. The van der Waals surface area contributed by atoms with E-state index in [0.717, 1.165) is 19.4 Å². The minimum atomic E-state index is -0.995. The van der Waals surface area contributed by atoms with Crippen LogP contribution in [0.5, 0.6) is 0 Å². The third-order valence-electron chi connectivity index (χ3n) is 3.41. The number of nitrogens with zero attached hydrogens (tertiary/aromatic N) is 1. The maximum atomic E-state index is 12.1. The molecule has 0 aliphatic carbocycles. The van der Waals surface area contributed by atoms with Gasteiger partial charge in [-0.3, -0.25) is 19.3 Å². The highest BCUT2D eigenvalue weighted by molar-refractivity contribution is 6.37. The molecule has 3 N–H and O–H groups in total. The van der Waals surface area contributed by atoms with E-state index in [1.807, 2.05) is 25.8 Å². The first-order chi connectivity index (χ1) is 8.82. The molecule has 1 saturated heterocycles. The van der Waals surface area contributed by atoms with Crippen molar-refractivity contribution in [3.63, 3.8) is 0 Å². The van der Waals surface area contributed by atoms with Crippen molar-refractivity contribution in [1.29, 1.82) is 0 Å². The van der Waals surface area contributed by atoms with Gasteiger partial charge in [0.05, 0.1) is 12.1 Å². The third-order valence-corrected chi connectivity index (χ3v) is 3.41. The van der Waals surface area contributed by atoms with Gasteiger partial charge >= 0.3 is 0 Å². The predicted molar refractivity (Wildman–Crippen MR) is 71.2 cm³/mol. The van der Waals surface area contributed by atoms with Gasteiger partial charge in [-0.1, -0.05) is 13.8 Å². The van der Waals surface area contributed by atoms with Crippen molar-refractivity contribution in [3.8, 4) is 0 Å². The number of Topliss-reactive ketones (excluding diaryl/α,β-unsaturated/α-hetero) is 1. The fourth-order valence-corrected chi connectivity index (χ4v) is 2.38. The Morgan fingerprint density at radius 1 is 1.37 bits per heavy atom. The summed E-state index contributed by atoms with van der Waals surface area (Å²) in [6.07, 6.45) is 2.17. The molecule has 0 saturated carbocycles. The Morgan fingerprint density at radius 3 is 2.42 bits per heavy atom. The Bertz CT molecular complexity index is 368. The Kier molecular flexibility index (Phi) is 5.47. The second-order valence-corrected chi connectivity index (χ2v) is 5.56. The molecule has 0 radical (unpaired) electrons. The topological polar surface area (TPSA) is 92.5 Å². The molecule has 1 aliphatic heterocycles. The molecule has 19 heavy (non-hydrogen) atoms.